The lowest BCUT2D eigenvalue weighted by Crippen LogP contribution is -2.16. The summed E-state index contributed by atoms with van der Waals surface area (Å²) in [6.07, 6.45) is 0.849. The number of aromatic nitrogens is 1. The number of nitrogens with one attached hydrogen (secondary N) is 1. The van der Waals surface area contributed by atoms with Gasteiger partial charge in [0.1, 0.15) is 0 Å². The van der Waals surface area contributed by atoms with Crippen LogP contribution in [0.4, 0.5) is 5.69 Å². The van der Waals surface area contributed by atoms with Crippen LogP contribution in [0, 0.1) is 12.8 Å². The molecule has 150 valence electrons. The summed E-state index contributed by atoms with van der Waals surface area (Å²) in [7, 11) is 0. The van der Waals surface area contributed by atoms with E-state index >= 15 is 0 Å². The Kier molecular flexibility index (Phi) is 10.6. The first-order valence-electron chi connectivity index (χ1n) is 8.66. The fraction of sp³-hybridized carbons (Fsp3) is 0.400. The number of carbonyl (C=O) groups excluding carboxylic acids is 1. The second-order valence-corrected chi connectivity index (χ2v) is 6.76. The normalized spacial score (nSPS) is 10.2. The molecule has 0 aliphatic rings. The number of amides is 1. The van der Waals surface area contributed by atoms with Gasteiger partial charge in [0.05, 0.1) is 11.4 Å². The average molecular weight is 413 g/mol. The van der Waals surface area contributed by atoms with E-state index in [2.05, 4.69) is 19.2 Å². The van der Waals surface area contributed by atoms with Crippen molar-refractivity contribution in [1.82, 2.24) is 4.98 Å². The standard InChI is InChI=1S/C20H28N4O.2ClH/c1-12(2)9-18-17(11-22)19(16-7-5-15(10-21)6-8-16)20(13(3)23-18)24-14(4)25;;/h5-8,12H,9-11,21-22H2,1-4H3,(H,24,25);2*1H. The molecule has 1 aromatic carbocycles. The molecule has 1 aromatic heterocycles. The highest BCUT2D eigenvalue weighted by atomic mass is 35.5. The van der Waals surface area contributed by atoms with Gasteiger partial charge >= 0.3 is 0 Å². The Morgan fingerprint density at radius 3 is 2.15 bits per heavy atom. The van der Waals surface area contributed by atoms with Gasteiger partial charge in [-0.2, -0.15) is 0 Å². The van der Waals surface area contributed by atoms with Crippen molar-refractivity contribution in [3.63, 3.8) is 0 Å². The van der Waals surface area contributed by atoms with Gasteiger partial charge in [-0.3, -0.25) is 9.78 Å². The third-order valence-corrected chi connectivity index (χ3v) is 4.15. The van der Waals surface area contributed by atoms with Gasteiger partial charge in [0, 0.05) is 31.3 Å². The maximum atomic E-state index is 11.7. The Labute approximate surface area is 174 Å². The minimum absolute atomic E-state index is 0. The van der Waals surface area contributed by atoms with Crippen LogP contribution in [0.15, 0.2) is 24.3 Å². The van der Waals surface area contributed by atoms with E-state index in [1.165, 1.54) is 6.92 Å². The second-order valence-electron chi connectivity index (χ2n) is 6.76. The zero-order valence-corrected chi connectivity index (χ0v) is 18.0. The van der Waals surface area contributed by atoms with Crippen LogP contribution in [-0.2, 0) is 24.3 Å². The first kappa shape index (κ1) is 25.3. The molecule has 0 aliphatic carbocycles. The number of nitrogens with zero attached hydrogens (tertiary/aromatic N) is 1. The third kappa shape index (κ3) is 6.18. The predicted octanol–water partition coefficient (Wildman–Crippen LogP) is 3.97. The highest BCUT2D eigenvalue weighted by Crippen LogP contribution is 2.36. The van der Waals surface area contributed by atoms with Crippen molar-refractivity contribution in [1.29, 1.82) is 0 Å². The molecule has 27 heavy (non-hydrogen) atoms. The van der Waals surface area contributed by atoms with Crippen LogP contribution < -0.4 is 16.8 Å². The quantitative estimate of drug-likeness (QED) is 0.668. The molecule has 0 spiro atoms. The van der Waals surface area contributed by atoms with Crippen molar-refractivity contribution >= 4 is 36.4 Å². The summed E-state index contributed by atoms with van der Waals surface area (Å²) in [5.74, 6) is 0.348. The third-order valence-electron chi connectivity index (χ3n) is 4.15. The van der Waals surface area contributed by atoms with E-state index in [1.54, 1.807) is 0 Å². The first-order valence-corrected chi connectivity index (χ1v) is 8.66. The van der Waals surface area contributed by atoms with Crippen LogP contribution in [-0.4, -0.2) is 10.9 Å². The number of benzene rings is 1. The summed E-state index contributed by atoms with van der Waals surface area (Å²) in [4.78, 5) is 16.5. The molecule has 7 heteroatoms. The van der Waals surface area contributed by atoms with Crippen LogP contribution in [0.25, 0.3) is 11.1 Å². The minimum Gasteiger partial charge on any atom is -0.326 e. The van der Waals surface area contributed by atoms with Gasteiger partial charge < -0.3 is 16.8 Å². The molecule has 0 aliphatic heterocycles. The summed E-state index contributed by atoms with van der Waals surface area (Å²) in [5, 5.41) is 2.94. The van der Waals surface area contributed by atoms with E-state index in [1.807, 2.05) is 31.2 Å². The van der Waals surface area contributed by atoms with Crippen molar-refractivity contribution < 1.29 is 4.79 Å². The molecule has 0 fully saturated rings. The van der Waals surface area contributed by atoms with Gasteiger partial charge in [0.2, 0.25) is 5.91 Å². The lowest BCUT2D eigenvalue weighted by Gasteiger charge is -2.21. The highest BCUT2D eigenvalue weighted by molar-refractivity contribution is 5.96. The molecular weight excluding hydrogens is 383 g/mol. The summed E-state index contributed by atoms with van der Waals surface area (Å²) in [6.45, 7) is 8.62. The SMILES string of the molecule is CC(=O)Nc1c(C)nc(CC(C)C)c(CN)c1-c1ccc(CN)cc1.Cl.Cl. The van der Waals surface area contributed by atoms with Crippen molar-refractivity contribution in [3.05, 3.63) is 46.8 Å². The van der Waals surface area contributed by atoms with Crippen LogP contribution in [0.5, 0.6) is 0 Å². The Morgan fingerprint density at radius 2 is 1.70 bits per heavy atom. The van der Waals surface area contributed by atoms with Gasteiger partial charge in [0.15, 0.2) is 0 Å². The summed E-state index contributed by atoms with van der Waals surface area (Å²) in [6, 6.07) is 8.07. The molecule has 2 rings (SSSR count). The lowest BCUT2D eigenvalue weighted by molar-refractivity contribution is -0.114. The molecule has 0 radical (unpaired) electrons. The van der Waals surface area contributed by atoms with Crippen LogP contribution >= 0.6 is 24.8 Å². The Hall–Kier alpha value is -1.66. The summed E-state index contributed by atoms with van der Waals surface area (Å²) in [5.41, 5.74) is 18.4. The van der Waals surface area contributed by atoms with Crippen molar-refractivity contribution in [2.75, 3.05) is 5.32 Å². The number of hydrogen-bond donors (Lipinski definition) is 3. The van der Waals surface area contributed by atoms with Crippen molar-refractivity contribution in [2.24, 2.45) is 17.4 Å². The summed E-state index contributed by atoms with van der Waals surface area (Å²) >= 11 is 0. The van der Waals surface area contributed by atoms with Crippen molar-refractivity contribution in [2.45, 2.75) is 47.2 Å². The lowest BCUT2D eigenvalue weighted by atomic mass is 9.92. The molecule has 0 saturated heterocycles. The number of rotatable bonds is 6. The van der Waals surface area contributed by atoms with E-state index in [-0.39, 0.29) is 30.7 Å². The number of halogens is 2. The number of hydrogen-bond acceptors (Lipinski definition) is 4. The van der Waals surface area contributed by atoms with E-state index in [0.717, 1.165) is 45.7 Å². The zero-order valence-electron chi connectivity index (χ0n) is 16.3. The number of aryl methyl sites for hydroxylation is 1. The molecule has 0 atom stereocenters. The molecule has 1 amide bonds. The highest BCUT2D eigenvalue weighted by Gasteiger charge is 2.19. The molecule has 0 saturated carbocycles. The monoisotopic (exact) mass is 412 g/mol. The van der Waals surface area contributed by atoms with Gasteiger partial charge in [0.25, 0.3) is 0 Å². The second kappa shape index (κ2) is 11.2. The molecule has 0 bridgehead atoms. The average Bonchev–Trinajstić information content (AvgIpc) is 2.56. The summed E-state index contributed by atoms with van der Waals surface area (Å²) < 4.78 is 0. The molecular formula is C20H30Cl2N4O. The first-order chi connectivity index (χ1) is 11.9. The van der Waals surface area contributed by atoms with Gasteiger partial charge in [-0.05, 0) is 36.0 Å². The van der Waals surface area contributed by atoms with Gasteiger partial charge in [-0.15, -0.1) is 24.8 Å². The smallest absolute Gasteiger partial charge is 0.221 e. The topological polar surface area (TPSA) is 94.0 Å². The molecule has 1 heterocycles. The zero-order chi connectivity index (χ0) is 18.6. The number of anilines is 1. The van der Waals surface area contributed by atoms with E-state index in [0.29, 0.717) is 19.0 Å². The van der Waals surface area contributed by atoms with Gasteiger partial charge in [-0.25, -0.2) is 0 Å². The molecule has 5 nitrogen and oxygen atoms in total. The van der Waals surface area contributed by atoms with Crippen LogP contribution in [0.3, 0.4) is 0 Å². The minimum atomic E-state index is -0.121. The van der Waals surface area contributed by atoms with Crippen molar-refractivity contribution in [3.8, 4) is 11.1 Å². The Morgan fingerprint density at radius 1 is 1.11 bits per heavy atom. The number of nitrogens with two attached hydrogens (primary N) is 2. The van der Waals surface area contributed by atoms with E-state index in [4.69, 9.17) is 16.5 Å². The molecule has 0 unspecified atom stereocenters. The number of carbonyl (C=O) groups is 1. The fourth-order valence-corrected chi connectivity index (χ4v) is 3.03. The van der Waals surface area contributed by atoms with Gasteiger partial charge in [-0.1, -0.05) is 38.1 Å². The predicted molar refractivity (Wildman–Crippen MR) is 118 cm³/mol. The van der Waals surface area contributed by atoms with Crippen LogP contribution in [0.1, 0.15) is 43.3 Å². The van der Waals surface area contributed by atoms with Crippen LogP contribution in [0.2, 0.25) is 0 Å². The Bertz CT molecular complexity index is 762. The number of pyridine rings is 1. The Balaban J connectivity index is 0.00000338. The molecule has 2 aromatic rings. The van der Waals surface area contributed by atoms with E-state index < -0.39 is 0 Å². The largest absolute Gasteiger partial charge is 0.326 e. The fourth-order valence-electron chi connectivity index (χ4n) is 3.03. The van der Waals surface area contributed by atoms with E-state index in [9.17, 15) is 4.79 Å². The molecule has 5 N–H and O–H groups in total. The maximum Gasteiger partial charge on any atom is 0.221 e. The maximum absolute atomic E-state index is 11.7.